The maximum absolute atomic E-state index is 2.46. The predicted octanol–water partition coefficient (Wildman–Crippen LogP) is 15.8. The molecule has 0 saturated carbocycles. The van der Waals surface area contributed by atoms with Gasteiger partial charge in [-0.25, -0.2) is 0 Å². The molecule has 0 fully saturated rings. The lowest BCUT2D eigenvalue weighted by Gasteiger charge is -2.27. The predicted molar refractivity (Wildman–Crippen MR) is 244 cm³/mol. The van der Waals surface area contributed by atoms with Crippen LogP contribution in [0.2, 0.25) is 0 Å². The van der Waals surface area contributed by atoms with Gasteiger partial charge in [0.2, 0.25) is 0 Å². The number of fused-ring (bicyclic) bond motifs is 11. The van der Waals surface area contributed by atoms with Gasteiger partial charge in [0.05, 0.1) is 16.7 Å². The third kappa shape index (κ3) is 4.73. The second-order valence-electron chi connectivity index (χ2n) is 14.5. The highest BCUT2D eigenvalue weighted by molar-refractivity contribution is 7.27. The molecule has 0 bridgehead atoms. The fourth-order valence-electron chi connectivity index (χ4n) is 8.90. The number of anilines is 3. The van der Waals surface area contributed by atoms with E-state index in [1.165, 1.54) is 89.7 Å². The van der Waals surface area contributed by atoms with E-state index in [1.807, 2.05) is 22.7 Å². The van der Waals surface area contributed by atoms with Crippen molar-refractivity contribution in [3.63, 3.8) is 0 Å². The molecule has 0 atom stereocenters. The summed E-state index contributed by atoms with van der Waals surface area (Å²) in [5.41, 5.74) is 9.41. The Kier molecular flexibility index (Phi) is 7.00. The van der Waals surface area contributed by atoms with Crippen molar-refractivity contribution < 1.29 is 0 Å². The van der Waals surface area contributed by atoms with E-state index >= 15 is 0 Å². The smallest absolute Gasteiger partial charge is 0.0561 e. The Balaban J connectivity index is 1.10. The van der Waals surface area contributed by atoms with Crippen LogP contribution in [0, 0.1) is 0 Å². The Bertz CT molecular complexity index is 3480. The Labute approximate surface area is 331 Å². The highest BCUT2D eigenvalue weighted by atomic mass is 32.1. The van der Waals surface area contributed by atoms with Crippen molar-refractivity contribution >= 4 is 113 Å². The molecule has 9 aromatic carbocycles. The van der Waals surface area contributed by atoms with Crippen LogP contribution in [0.4, 0.5) is 17.1 Å². The monoisotopic (exact) mass is 748 g/mol. The van der Waals surface area contributed by atoms with Gasteiger partial charge in [-0.1, -0.05) is 121 Å². The maximum atomic E-state index is 2.46. The molecular formula is C52H32N2S2. The number of rotatable bonds is 5. The van der Waals surface area contributed by atoms with Gasteiger partial charge in [0.15, 0.2) is 0 Å². The highest BCUT2D eigenvalue weighted by Crippen LogP contribution is 2.47. The van der Waals surface area contributed by atoms with Crippen LogP contribution >= 0.6 is 22.7 Å². The quantitative estimate of drug-likeness (QED) is 0.170. The van der Waals surface area contributed by atoms with Crippen LogP contribution in [-0.2, 0) is 0 Å². The molecule has 3 aromatic heterocycles. The van der Waals surface area contributed by atoms with Gasteiger partial charge < -0.3 is 9.47 Å². The summed E-state index contributed by atoms with van der Waals surface area (Å²) in [5, 5.41) is 10.3. The zero-order valence-corrected chi connectivity index (χ0v) is 31.8. The highest BCUT2D eigenvalue weighted by Gasteiger charge is 2.21. The molecule has 3 heterocycles. The number of thiophene rings is 2. The van der Waals surface area contributed by atoms with Crippen molar-refractivity contribution in [1.82, 2.24) is 4.57 Å². The number of aromatic nitrogens is 1. The third-order valence-corrected chi connectivity index (χ3v) is 13.7. The molecular weight excluding hydrogens is 717 g/mol. The lowest BCUT2D eigenvalue weighted by atomic mass is 9.95. The van der Waals surface area contributed by atoms with E-state index in [0.29, 0.717) is 0 Å². The van der Waals surface area contributed by atoms with E-state index in [1.54, 1.807) is 0 Å². The summed E-state index contributed by atoms with van der Waals surface area (Å²) in [6, 6.07) is 71.4. The fraction of sp³-hybridized carbons (Fsp3) is 0. The first-order valence-corrected chi connectivity index (χ1v) is 20.6. The number of nitrogens with zero attached hydrogens (tertiary/aromatic N) is 2. The largest absolute Gasteiger partial charge is 0.310 e. The standard InChI is InChI=1S/C52H32N2S2/c1-2-13-34(14-3-1)54-45-20-9-6-16-38(45)39-30-29-36(31-47(39)54)53(46-21-12-24-50-51(46)42-19-8-11-23-49(42)55-50)35-27-25-33(26-28-35)43-32-44-40-17-7-10-22-48(40)56-52(44)41-18-5-4-15-37(41)43/h1-32H. The number of para-hydroxylation sites is 2. The minimum atomic E-state index is 1.12. The Morgan fingerprint density at radius 1 is 0.375 bits per heavy atom. The average molecular weight is 749 g/mol. The first-order valence-electron chi connectivity index (χ1n) is 19.0. The van der Waals surface area contributed by atoms with E-state index < -0.39 is 0 Å². The van der Waals surface area contributed by atoms with Crippen molar-refractivity contribution in [3.8, 4) is 16.8 Å². The summed E-state index contributed by atoms with van der Waals surface area (Å²) >= 11 is 3.75. The second-order valence-corrected chi connectivity index (χ2v) is 16.6. The summed E-state index contributed by atoms with van der Waals surface area (Å²) in [6.07, 6.45) is 0. The topological polar surface area (TPSA) is 8.17 Å². The molecule has 262 valence electrons. The van der Waals surface area contributed by atoms with Crippen molar-refractivity contribution in [3.05, 3.63) is 194 Å². The van der Waals surface area contributed by atoms with Gasteiger partial charge in [-0.15, -0.1) is 22.7 Å². The molecule has 0 aliphatic heterocycles. The Hall–Kier alpha value is -6.72. The average Bonchev–Trinajstić information content (AvgIpc) is 3.94. The van der Waals surface area contributed by atoms with E-state index in [9.17, 15) is 0 Å². The summed E-state index contributed by atoms with van der Waals surface area (Å²) in [5.74, 6) is 0. The van der Waals surface area contributed by atoms with Crippen molar-refractivity contribution in [2.24, 2.45) is 0 Å². The Morgan fingerprint density at radius 3 is 1.82 bits per heavy atom. The molecule has 0 aliphatic rings. The molecule has 0 spiro atoms. The molecule has 0 unspecified atom stereocenters. The third-order valence-electron chi connectivity index (χ3n) is 11.4. The van der Waals surface area contributed by atoms with Gasteiger partial charge in [-0.3, -0.25) is 0 Å². The second kappa shape index (κ2) is 12.4. The molecule has 2 nitrogen and oxygen atoms in total. The van der Waals surface area contributed by atoms with Crippen LogP contribution in [-0.4, -0.2) is 4.57 Å². The van der Waals surface area contributed by atoms with Gasteiger partial charge in [-0.2, -0.15) is 0 Å². The van der Waals surface area contributed by atoms with E-state index in [0.717, 1.165) is 17.1 Å². The lowest BCUT2D eigenvalue weighted by Crippen LogP contribution is -2.10. The summed E-state index contributed by atoms with van der Waals surface area (Å²) in [6.45, 7) is 0. The molecule has 0 amide bonds. The van der Waals surface area contributed by atoms with Crippen molar-refractivity contribution in [1.29, 1.82) is 0 Å². The van der Waals surface area contributed by atoms with E-state index in [-0.39, 0.29) is 0 Å². The minimum absolute atomic E-state index is 1.12. The normalized spacial score (nSPS) is 11.9. The zero-order chi connectivity index (χ0) is 36.7. The molecule has 0 radical (unpaired) electrons. The number of hydrogen-bond acceptors (Lipinski definition) is 3. The van der Waals surface area contributed by atoms with Crippen molar-refractivity contribution in [2.45, 2.75) is 0 Å². The molecule has 56 heavy (non-hydrogen) atoms. The van der Waals surface area contributed by atoms with Gasteiger partial charge in [0.1, 0.15) is 0 Å². The van der Waals surface area contributed by atoms with E-state index in [4.69, 9.17) is 0 Å². The summed E-state index contributed by atoms with van der Waals surface area (Å²) < 4.78 is 7.67. The zero-order valence-electron chi connectivity index (χ0n) is 30.2. The summed E-state index contributed by atoms with van der Waals surface area (Å²) in [4.78, 5) is 2.46. The first-order chi connectivity index (χ1) is 27.8. The van der Waals surface area contributed by atoms with Crippen LogP contribution < -0.4 is 4.90 Å². The van der Waals surface area contributed by atoms with Crippen LogP contribution in [0.25, 0.3) is 89.7 Å². The SMILES string of the molecule is c1ccc(-n2c3ccccc3c3ccc(N(c4ccc(-c5cc6c7ccccc7sc6c6ccccc56)cc4)c4cccc5sc6ccccc6c45)cc32)cc1. The van der Waals surface area contributed by atoms with Crippen LogP contribution in [0.1, 0.15) is 0 Å². The van der Waals surface area contributed by atoms with Gasteiger partial charge in [0, 0.05) is 73.6 Å². The molecule has 0 aliphatic carbocycles. The lowest BCUT2D eigenvalue weighted by molar-refractivity contribution is 1.18. The van der Waals surface area contributed by atoms with Crippen LogP contribution in [0.3, 0.4) is 0 Å². The van der Waals surface area contributed by atoms with Crippen LogP contribution in [0.5, 0.6) is 0 Å². The molecule has 12 aromatic rings. The molecule has 4 heteroatoms. The van der Waals surface area contributed by atoms with Gasteiger partial charge >= 0.3 is 0 Å². The maximum Gasteiger partial charge on any atom is 0.0561 e. The van der Waals surface area contributed by atoms with Crippen molar-refractivity contribution in [2.75, 3.05) is 4.90 Å². The minimum Gasteiger partial charge on any atom is -0.310 e. The molecule has 0 N–H and O–H groups in total. The first kappa shape index (κ1) is 31.6. The molecule has 0 saturated heterocycles. The van der Waals surface area contributed by atoms with E-state index in [2.05, 4.69) is 204 Å². The van der Waals surface area contributed by atoms with Gasteiger partial charge in [0.25, 0.3) is 0 Å². The number of benzene rings is 9. The molecule has 12 rings (SSSR count). The summed E-state index contributed by atoms with van der Waals surface area (Å²) in [7, 11) is 0. The fourth-order valence-corrected chi connectivity index (χ4v) is 11.2. The number of hydrogen-bond donors (Lipinski definition) is 0. The van der Waals surface area contributed by atoms with Crippen LogP contribution in [0.15, 0.2) is 194 Å². The van der Waals surface area contributed by atoms with Gasteiger partial charge in [-0.05, 0) is 89.3 Å². The Morgan fingerprint density at radius 2 is 1.00 bits per heavy atom.